The van der Waals surface area contributed by atoms with Gasteiger partial charge in [-0.25, -0.2) is 4.18 Å². The van der Waals surface area contributed by atoms with Crippen molar-refractivity contribution in [2.75, 3.05) is 7.11 Å². The van der Waals surface area contributed by atoms with Crippen LogP contribution in [0.5, 0.6) is 0 Å². The minimum absolute atomic E-state index is 0.112. The van der Waals surface area contributed by atoms with Crippen molar-refractivity contribution in [3.8, 4) is 0 Å². The highest BCUT2D eigenvalue weighted by Crippen LogP contribution is 2.10. The molecule has 0 saturated carbocycles. The predicted octanol–water partition coefficient (Wildman–Crippen LogP) is 5.46. The average Bonchev–Trinajstić information content (AvgIpc) is 2.58. The van der Waals surface area contributed by atoms with Crippen LogP contribution in [0.4, 0.5) is 0 Å². The highest BCUT2D eigenvalue weighted by atomic mass is 32.3. The first-order chi connectivity index (χ1) is 12.0. The molecule has 25 heavy (non-hydrogen) atoms. The molecule has 0 aromatic carbocycles. The Morgan fingerprint density at radius 3 is 1.80 bits per heavy atom. The minimum Gasteiger partial charge on any atom is -0.325 e. The van der Waals surface area contributed by atoms with Crippen LogP contribution in [-0.4, -0.2) is 21.5 Å². The Bertz CT molecular complexity index is 443. The van der Waals surface area contributed by atoms with Crippen molar-refractivity contribution in [3.05, 3.63) is 12.2 Å². The number of hydrogen-bond donors (Lipinski definition) is 0. The molecule has 0 rings (SSSR count). The van der Waals surface area contributed by atoms with Crippen LogP contribution in [0.3, 0.4) is 0 Å². The van der Waals surface area contributed by atoms with E-state index in [1.165, 1.54) is 44.9 Å². The molecule has 0 aromatic heterocycles. The largest absolute Gasteiger partial charge is 0.451 e. The van der Waals surface area contributed by atoms with E-state index in [-0.39, 0.29) is 6.42 Å². The predicted molar refractivity (Wildman–Crippen MR) is 101 cm³/mol. The number of carbonyl (C=O) groups excluding carboxylic acids is 1. The molecule has 0 radical (unpaired) electrons. The lowest BCUT2D eigenvalue weighted by atomic mass is 10.1. The van der Waals surface area contributed by atoms with Crippen LogP contribution in [0, 0.1) is 0 Å². The summed E-state index contributed by atoms with van der Waals surface area (Å²) in [5, 5.41) is 0. The normalized spacial score (nSPS) is 11.9. The highest BCUT2D eigenvalue weighted by Gasteiger charge is 2.15. The van der Waals surface area contributed by atoms with E-state index in [4.69, 9.17) is 0 Å². The fourth-order valence-electron chi connectivity index (χ4n) is 2.53. The summed E-state index contributed by atoms with van der Waals surface area (Å²) in [5.41, 5.74) is 0. The summed E-state index contributed by atoms with van der Waals surface area (Å²) in [6, 6.07) is 0. The smallest absolute Gasteiger partial charge is 0.325 e. The standard InChI is InChI=1S/C19H36O5S/c1-3-4-5-6-7-8-9-10-11-12-13-14-15-16-17-18-19(20)24-25(21,22)23-2/h10-11H,3-9,12-18H2,1-2H3. The second kappa shape index (κ2) is 16.6. The molecule has 0 heterocycles. The summed E-state index contributed by atoms with van der Waals surface area (Å²) < 4.78 is 30.1. The van der Waals surface area contributed by atoms with E-state index in [2.05, 4.69) is 27.4 Å². The van der Waals surface area contributed by atoms with Crippen molar-refractivity contribution in [1.29, 1.82) is 0 Å². The lowest BCUT2D eigenvalue weighted by Crippen LogP contribution is -2.13. The third-order valence-corrected chi connectivity index (χ3v) is 4.84. The van der Waals surface area contributed by atoms with Gasteiger partial charge < -0.3 is 4.18 Å². The number of hydrogen-bond acceptors (Lipinski definition) is 5. The first-order valence-electron chi connectivity index (χ1n) is 9.69. The van der Waals surface area contributed by atoms with Crippen molar-refractivity contribution in [2.24, 2.45) is 0 Å². The van der Waals surface area contributed by atoms with Crippen LogP contribution in [0.25, 0.3) is 0 Å². The third kappa shape index (κ3) is 17.7. The summed E-state index contributed by atoms with van der Waals surface area (Å²) in [6.45, 7) is 2.24. The molecule has 0 unspecified atom stereocenters. The van der Waals surface area contributed by atoms with E-state index in [0.29, 0.717) is 6.42 Å². The maximum atomic E-state index is 11.3. The van der Waals surface area contributed by atoms with Gasteiger partial charge in [-0.1, -0.05) is 70.4 Å². The number of unbranched alkanes of at least 4 members (excludes halogenated alkanes) is 11. The molecule has 6 heteroatoms. The molecule has 5 nitrogen and oxygen atoms in total. The van der Waals surface area contributed by atoms with Gasteiger partial charge in [0, 0.05) is 6.42 Å². The van der Waals surface area contributed by atoms with Crippen molar-refractivity contribution in [2.45, 2.75) is 96.8 Å². The van der Waals surface area contributed by atoms with Crippen LogP contribution in [0.2, 0.25) is 0 Å². The van der Waals surface area contributed by atoms with E-state index in [0.717, 1.165) is 39.2 Å². The van der Waals surface area contributed by atoms with Gasteiger partial charge in [0.15, 0.2) is 0 Å². The van der Waals surface area contributed by atoms with Crippen molar-refractivity contribution in [3.63, 3.8) is 0 Å². The molecule has 0 fully saturated rings. The fraction of sp³-hybridized carbons (Fsp3) is 0.842. The summed E-state index contributed by atoms with van der Waals surface area (Å²) in [7, 11) is -3.18. The van der Waals surface area contributed by atoms with Gasteiger partial charge in [-0.2, -0.15) is 8.42 Å². The lowest BCUT2D eigenvalue weighted by molar-refractivity contribution is -0.134. The maximum absolute atomic E-state index is 11.3. The van der Waals surface area contributed by atoms with Crippen molar-refractivity contribution >= 4 is 16.4 Å². The van der Waals surface area contributed by atoms with Gasteiger partial charge in [-0.05, 0) is 32.1 Å². The van der Waals surface area contributed by atoms with E-state index in [1.54, 1.807) is 0 Å². The van der Waals surface area contributed by atoms with E-state index >= 15 is 0 Å². The number of rotatable bonds is 17. The van der Waals surface area contributed by atoms with Crippen LogP contribution in [0.15, 0.2) is 12.2 Å². The zero-order chi connectivity index (χ0) is 18.8. The molecule has 0 spiro atoms. The zero-order valence-electron chi connectivity index (χ0n) is 16.0. The molecular formula is C19H36O5S. The average molecular weight is 377 g/mol. The molecule has 0 N–H and O–H groups in total. The SMILES string of the molecule is CCCCCCCCC=CCCCCCCCC(=O)OS(=O)(=O)OC. The maximum Gasteiger partial charge on any atom is 0.451 e. The summed E-state index contributed by atoms with van der Waals surface area (Å²) in [6.07, 6.45) is 19.9. The molecule has 0 bridgehead atoms. The molecule has 148 valence electrons. The molecular weight excluding hydrogens is 340 g/mol. The van der Waals surface area contributed by atoms with Crippen molar-refractivity contribution < 1.29 is 21.6 Å². The Morgan fingerprint density at radius 2 is 1.28 bits per heavy atom. The van der Waals surface area contributed by atoms with Gasteiger partial charge in [0.05, 0.1) is 7.11 Å². The second-order valence-electron chi connectivity index (χ2n) is 6.36. The monoisotopic (exact) mass is 376 g/mol. The van der Waals surface area contributed by atoms with Gasteiger partial charge in [0.2, 0.25) is 0 Å². The van der Waals surface area contributed by atoms with Gasteiger partial charge >= 0.3 is 16.4 Å². The first kappa shape index (κ1) is 24.1. The third-order valence-electron chi connectivity index (χ3n) is 4.04. The Balaban J connectivity index is 3.33. The lowest BCUT2D eigenvalue weighted by Gasteiger charge is -2.03. The molecule has 0 aromatic rings. The molecule has 0 atom stereocenters. The van der Waals surface area contributed by atoms with Gasteiger partial charge in [-0.15, -0.1) is 0 Å². The van der Waals surface area contributed by atoms with E-state index < -0.39 is 16.4 Å². The van der Waals surface area contributed by atoms with Crippen LogP contribution in [0.1, 0.15) is 96.8 Å². The van der Waals surface area contributed by atoms with Crippen LogP contribution in [-0.2, 0) is 23.6 Å². The number of allylic oxidation sites excluding steroid dienone is 2. The van der Waals surface area contributed by atoms with Gasteiger partial charge in [0.25, 0.3) is 0 Å². The molecule has 0 aliphatic heterocycles. The zero-order valence-corrected chi connectivity index (χ0v) is 16.8. The molecule has 0 saturated heterocycles. The highest BCUT2D eigenvalue weighted by molar-refractivity contribution is 7.82. The molecule has 0 amide bonds. The molecule has 0 aliphatic carbocycles. The summed E-state index contributed by atoms with van der Waals surface area (Å²) in [5.74, 6) is -0.750. The van der Waals surface area contributed by atoms with Gasteiger partial charge in [0.1, 0.15) is 0 Å². The van der Waals surface area contributed by atoms with Crippen LogP contribution >= 0.6 is 0 Å². The minimum atomic E-state index is -4.15. The summed E-state index contributed by atoms with van der Waals surface area (Å²) >= 11 is 0. The second-order valence-corrected chi connectivity index (χ2v) is 7.68. The topological polar surface area (TPSA) is 69.7 Å². The summed E-state index contributed by atoms with van der Waals surface area (Å²) in [4.78, 5) is 11.3. The Morgan fingerprint density at radius 1 is 0.800 bits per heavy atom. The van der Waals surface area contributed by atoms with E-state index in [1.807, 2.05) is 0 Å². The number of carbonyl (C=O) groups is 1. The van der Waals surface area contributed by atoms with Gasteiger partial charge in [-0.3, -0.25) is 4.79 Å². The Labute approximate surface area is 154 Å². The van der Waals surface area contributed by atoms with Crippen molar-refractivity contribution in [1.82, 2.24) is 0 Å². The quantitative estimate of drug-likeness (QED) is 0.249. The first-order valence-corrected chi connectivity index (χ1v) is 11.0. The fourth-order valence-corrected chi connectivity index (χ4v) is 2.91. The van der Waals surface area contributed by atoms with Crippen LogP contribution < -0.4 is 0 Å². The van der Waals surface area contributed by atoms with E-state index in [9.17, 15) is 13.2 Å². The molecule has 0 aliphatic rings. The Kier molecular flexibility index (Phi) is 16.0. The Hall–Kier alpha value is -0.880.